The van der Waals surface area contributed by atoms with Crippen LogP contribution in [0.15, 0.2) is 24.3 Å². The first-order chi connectivity index (χ1) is 12.5. The number of amides is 1. The van der Waals surface area contributed by atoms with Crippen molar-refractivity contribution in [1.82, 2.24) is 9.88 Å². The normalized spacial score (nSPS) is 19.7. The summed E-state index contributed by atoms with van der Waals surface area (Å²) in [5.74, 6) is 0.716. The van der Waals surface area contributed by atoms with Crippen molar-refractivity contribution in [3.8, 4) is 0 Å². The van der Waals surface area contributed by atoms with E-state index in [0.717, 1.165) is 55.7 Å². The lowest BCUT2D eigenvalue weighted by atomic mass is 9.77. The number of rotatable bonds is 6. The van der Waals surface area contributed by atoms with E-state index in [0.29, 0.717) is 11.8 Å². The van der Waals surface area contributed by atoms with Gasteiger partial charge in [0, 0.05) is 25.6 Å². The van der Waals surface area contributed by atoms with Crippen LogP contribution in [0.5, 0.6) is 0 Å². The summed E-state index contributed by atoms with van der Waals surface area (Å²) >= 11 is 1.72. The lowest BCUT2D eigenvalue weighted by Gasteiger charge is -2.40. The Labute approximate surface area is 160 Å². The number of aromatic nitrogens is 1. The third-order valence-corrected chi connectivity index (χ3v) is 7.16. The average Bonchev–Trinajstić information content (AvgIpc) is 3.08. The first kappa shape index (κ1) is 19.3. The van der Waals surface area contributed by atoms with E-state index in [-0.39, 0.29) is 11.5 Å². The van der Waals surface area contributed by atoms with E-state index in [2.05, 4.69) is 37.8 Å². The van der Waals surface area contributed by atoms with Gasteiger partial charge in [0.25, 0.3) is 0 Å². The van der Waals surface area contributed by atoms with Gasteiger partial charge in [-0.25, -0.2) is 4.98 Å². The van der Waals surface area contributed by atoms with E-state index >= 15 is 0 Å². The number of nitrogens with two attached hydrogens (primary N) is 1. The molecular weight excluding hydrogens is 342 g/mol. The topological polar surface area (TPSA) is 59.2 Å². The molecule has 2 heterocycles. The number of benzene rings is 1. The Bertz CT molecular complexity index is 718. The molecule has 0 bridgehead atoms. The molecule has 5 heteroatoms. The lowest BCUT2D eigenvalue weighted by Crippen LogP contribution is -2.51. The summed E-state index contributed by atoms with van der Waals surface area (Å²) in [5, 5.41) is 1.07. The summed E-state index contributed by atoms with van der Waals surface area (Å²) in [6, 6.07) is 8.37. The van der Waals surface area contributed by atoms with Crippen LogP contribution in [0.1, 0.15) is 51.5 Å². The molecule has 1 aliphatic rings. The van der Waals surface area contributed by atoms with Crippen molar-refractivity contribution in [2.45, 2.75) is 58.9 Å². The molecule has 1 aromatic heterocycles. The molecule has 0 radical (unpaired) electrons. The van der Waals surface area contributed by atoms with Crippen LogP contribution in [0.3, 0.4) is 0 Å². The van der Waals surface area contributed by atoms with Crippen LogP contribution in [0.25, 0.3) is 10.2 Å². The van der Waals surface area contributed by atoms with Gasteiger partial charge in [-0.1, -0.05) is 26.0 Å². The Morgan fingerprint density at radius 2 is 2.12 bits per heavy atom. The van der Waals surface area contributed by atoms with E-state index in [1.165, 1.54) is 4.70 Å². The molecule has 1 aliphatic heterocycles. The molecule has 2 unspecified atom stereocenters. The van der Waals surface area contributed by atoms with Gasteiger partial charge < -0.3 is 10.6 Å². The Morgan fingerprint density at radius 1 is 1.38 bits per heavy atom. The quantitative estimate of drug-likeness (QED) is 0.824. The molecule has 4 nitrogen and oxygen atoms in total. The largest absolute Gasteiger partial charge is 0.342 e. The predicted molar refractivity (Wildman–Crippen MR) is 109 cm³/mol. The maximum absolute atomic E-state index is 13.5. The Kier molecular flexibility index (Phi) is 5.98. The fraction of sp³-hybridized carbons (Fsp3) is 0.619. The highest BCUT2D eigenvalue weighted by molar-refractivity contribution is 7.18. The van der Waals surface area contributed by atoms with Crippen molar-refractivity contribution >= 4 is 27.5 Å². The molecule has 1 saturated heterocycles. The van der Waals surface area contributed by atoms with Crippen molar-refractivity contribution < 1.29 is 4.79 Å². The summed E-state index contributed by atoms with van der Waals surface area (Å²) in [5.41, 5.74) is 6.81. The number of hydrogen-bond acceptors (Lipinski definition) is 4. The lowest BCUT2D eigenvalue weighted by molar-refractivity contribution is -0.144. The zero-order valence-electron chi connectivity index (χ0n) is 16.2. The molecule has 0 aliphatic carbocycles. The van der Waals surface area contributed by atoms with Gasteiger partial charge >= 0.3 is 0 Å². The standard InChI is InChI=1S/C21H31N3OS/c1-4-21(5-2,13-19-23-17-10-6-7-11-18(17)26-19)20(25)24-12-8-9-16(14-24)15(3)22/h6-7,10-11,15-16H,4-5,8-9,12-14,22H2,1-3H3. The third-order valence-electron chi connectivity index (χ3n) is 6.12. The molecule has 0 spiro atoms. The number of para-hydroxylation sites is 1. The minimum atomic E-state index is -0.354. The van der Waals surface area contributed by atoms with Gasteiger partial charge in [-0.3, -0.25) is 4.79 Å². The van der Waals surface area contributed by atoms with Crippen molar-refractivity contribution in [1.29, 1.82) is 0 Å². The van der Waals surface area contributed by atoms with Crippen molar-refractivity contribution in [3.05, 3.63) is 29.3 Å². The van der Waals surface area contributed by atoms with Gasteiger partial charge in [0.05, 0.1) is 20.6 Å². The van der Waals surface area contributed by atoms with Crippen LogP contribution in [0, 0.1) is 11.3 Å². The van der Waals surface area contributed by atoms with Crippen LogP contribution in [0.2, 0.25) is 0 Å². The summed E-state index contributed by atoms with van der Waals surface area (Å²) in [6.45, 7) is 8.01. The second-order valence-corrected chi connectivity index (χ2v) is 8.87. The fourth-order valence-corrected chi connectivity index (χ4v) is 5.23. The van der Waals surface area contributed by atoms with E-state index in [1.54, 1.807) is 11.3 Å². The molecule has 1 fully saturated rings. The maximum Gasteiger partial charge on any atom is 0.229 e. The molecular formula is C21H31N3OS. The van der Waals surface area contributed by atoms with E-state index in [1.807, 2.05) is 12.1 Å². The average molecular weight is 374 g/mol. The van der Waals surface area contributed by atoms with Gasteiger partial charge in [-0.05, 0) is 50.7 Å². The number of carbonyl (C=O) groups excluding carboxylic acids is 1. The minimum Gasteiger partial charge on any atom is -0.342 e. The van der Waals surface area contributed by atoms with Crippen LogP contribution >= 0.6 is 11.3 Å². The number of likely N-dealkylation sites (tertiary alicyclic amines) is 1. The second-order valence-electron chi connectivity index (χ2n) is 7.75. The Hall–Kier alpha value is -1.46. The van der Waals surface area contributed by atoms with Gasteiger partial charge in [-0.2, -0.15) is 0 Å². The van der Waals surface area contributed by atoms with Gasteiger partial charge in [-0.15, -0.1) is 11.3 Å². The van der Waals surface area contributed by atoms with Crippen LogP contribution in [0.4, 0.5) is 0 Å². The molecule has 142 valence electrons. The van der Waals surface area contributed by atoms with Crippen LogP contribution in [-0.2, 0) is 11.2 Å². The zero-order chi connectivity index (χ0) is 18.7. The van der Waals surface area contributed by atoms with E-state index < -0.39 is 0 Å². The highest BCUT2D eigenvalue weighted by Crippen LogP contribution is 2.37. The van der Waals surface area contributed by atoms with Crippen molar-refractivity contribution in [3.63, 3.8) is 0 Å². The number of carbonyl (C=O) groups is 1. The van der Waals surface area contributed by atoms with Crippen LogP contribution < -0.4 is 5.73 Å². The van der Waals surface area contributed by atoms with Gasteiger partial charge in [0.2, 0.25) is 5.91 Å². The maximum atomic E-state index is 13.5. The Morgan fingerprint density at radius 3 is 2.77 bits per heavy atom. The highest BCUT2D eigenvalue weighted by atomic mass is 32.1. The summed E-state index contributed by atoms with van der Waals surface area (Å²) in [6.07, 6.45) is 4.61. The summed E-state index contributed by atoms with van der Waals surface area (Å²) in [4.78, 5) is 20.4. The van der Waals surface area contributed by atoms with E-state index in [9.17, 15) is 4.79 Å². The number of fused-ring (bicyclic) bond motifs is 1. The van der Waals surface area contributed by atoms with Crippen molar-refractivity contribution in [2.75, 3.05) is 13.1 Å². The second kappa shape index (κ2) is 8.05. The zero-order valence-corrected chi connectivity index (χ0v) is 17.0. The van der Waals surface area contributed by atoms with E-state index in [4.69, 9.17) is 10.7 Å². The van der Waals surface area contributed by atoms with Crippen molar-refractivity contribution in [2.24, 2.45) is 17.1 Å². The summed E-state index contributed by atoms with van der Waals surface area (Å²) in [7, 11) is 0. The Balaban J connectivity index is 1.82. The first-order valence-corrected chi connectivity index (χ1v) is 10.7. The third kappa shape index (κ3) is 3.79. The number of hydrogen-bond donors (Lipinski definition) is 1. The van der Waals surface area contributed by atoms with Gasteiger partial charge in [0.15, 0.2) is 0 Å². The van der Waals surface area contributed by atoms with Crippen LogP contribution in [-0.4, -0.2) is 34.9 Å². The molecule has 26 heavy (non-hydrogen) atoms. The molecule has 0 saturated carbocycles. The first-order valence-electron chi connectivity index (χ1n) is 9.88. The SMILES string of the molecule is CCC(CC)(Cc1nc2ccccc2s1)C(=O)N1CCCC(C(C)N)C1. The number of thiazole rings is 1. The summed E-state index contributed by atoms with van der Waals surface area (Å²) < 4.78 is 1.20. The number of nitrogens with zero attached hydrogens (tertiary/aromatic N) is 2. The molecule has 2 atom stereocenters. The molecule has 1 aromatic carbocycles. The van der Waals surface area contributed by atoms with Gasteiger partial charge in [0.1, 0.15) is 0 Å². The number of piperidine rings is 1. The monoisotopic (exact) mass is 373 g/mol. The molecule has 2 aromatic rings. The highest BCUT2D eigenvalue weighted by Gasteiger charge is 2.40. The smallest absolute Gasteiger partial charge is 0.229 e. The molecule has 2 N–H and O–H groups in total. The minimum absolute atomic E-state index is 0.146. The fourth-order valence-electron chi connectivity index (χ4n) is 4.12. The molecule has 3 rings (SSSR count). The predicted octanol–water partition coefficient (Wildman–Crippen LogP) is 4.23. The molecule has 1 amide bonds.